The molecule has 0 unspecified atom stereocenters. The zero-order valence-electron chi connectivity index (χ0n) is 10.1. The van der Waals surface area contributed by atoms with E-state index >= 15 is 0 Å². The van der Waals surface area contributed by atoms with Crippen LogP contribution in [0.1, 0.15) is 0 Å². The number of rotatable bonds is 3. The summed E-state index contributed by atoms with van der Waals surface area (Å²) in [6.07, 6.45) is 1.13. The highest BCUT2D eigenvalue weighted by Gasteiger charge is 2.25. The maximum atomic E-state index is 13.6. The molecule has 0 bridgehead atoms. The van der Waals surface area contributed by atoms with Gasteiger partial charge in [-0.25, -0.2) is 8.78 Å². The molecule has 0 aliphatic carbocycles. The maximum absolute atomic E-state index is 13.6. The molecule has 0 spiro atoms. The van der Waals surface area contributed by atoms with E-state index in [0.29, 0.717) is 6.07 Å². The van der Waals surface area contributed by atoms with Gasteiger partial charge in [0.2, 0.25) is 0 Å². The number of nitrogen functional groups attached to an aromatic ring is 1. The van der Waals surface area contributed by atoms with Crippen molar-refractivity contribution in [1.29, 1.82) is 0 Å². The fourth-order valence-electron chi connectivity index (χ4n) is 1.59. The second-order valence-electron chi connectivity index (χ2n) is 3.88. The Bertz CT molecular complexity index is 733. The Hall–Kier alpha value is -1.87. The van der Waals surface area contributed by atoms with Gasteiger partial charge in [-0.1, -0.05) is 11.6 Å². The molecule has 0 fully saturated rings. The van der Waals surface area contributed by atoms with E-state index in [1.54, 1.807) is 0 Å². The molecule has 0 radical (unpaired) electrons. The Kier molecular flexibility index (Phi) is 3.57. The summed E-state index contributed by atoms with van der Waals surface area (Å²) in [6, 6.07) is 1.31. The summed E-state index contributed by atoms with van der Waals surface area (Å²) in [5, 5.41) is 3.17. The third-order valence-corrected chi connectivity index (χ3v) is 4.27. The number of aromatic nitrogens is 2. The van der Waals surface area contributed by atoms with Crippen molar-refractivity contribution in [2.75, 3.05) is 10.5 Å². The third kappa shape index (κ3) is 2.54. The Morgan fingerprint density at radius 3 is 2.55 bits per heavy atom. The van der Waals surface area contributed by atoms with E-state index in [2.05, 4.69) is 5.10 Å². The largest absolute Gasteiger partial charge is 0.397 e. The maximum Gasteiger partial charge on any atom is 0.280 e. The molecule has 1 aromatic heterocycles. The summed E-state index contributed by atoms with van der Waals surface area (Å²) < 4.78 is 53.7. The molecular weight excluding hydrogens is 314 g/mol. The van der Waals surface area contributed by atoms with Gasteiger partial charge in [-0.05, 0) is 6.07 Å². The number of nitrogens with one attached hydrogen (secondary N) is 1. The van der Waals surface area contributed by atoms with Crippen LogP contribution in [0.15, 0.2) is 23.4 Å². The Morgan fingerprint density at radius 1 is 1.40 bits per heavy atom. The van der Waals surface area contributed by atoms with Gasteiger partial charge in [-0.15, -0.1) is 0 Å². The number of nitrogens with zero attached hydrogens (tertiary/aromatic N) is 2. The second kappa shape index (κ2) is 4.91. The minimum Gasteiger partial charge on any atom is -0.397 e. The SMILES string of the molecule is Cn1ncc(Cl)c1S(=O)(=O)Nc1c(N)cc(F)cc1F. The van der Waals surface area contributed by atoms with Crippen molar-refractivity contribution >= 4 is 33.0 Å². The first-order valence-corrected chi connectivity index (χ1v) is 7.03. The molecule has 6 nitrogen and oxygen atoms in total. The first-order chi connectivity index (χ1) is 9.22. The molecule has 108 valence electrons. The molecule has 2 rings (SSSR count). The second-order valence-corrected chi connectivity index (χ2v) is 5.88. The van der Waals surface area contributed by atoms with E-state index < -0.39 is 27.3 Å². The van der Waals surface area contributed by atoms with Gasteiger partial charge in [0, 0.05) is 13.1 Å². The summed E-state index contributed by atoms with van der Waals surface area (Å²) >= 11 is 5.71. The number of nitrogens with two attached hydrogens (primary N) is 1. The van der Waals surface area contributed by atoms with Crippen LogP contribution in [0.3, 0.4) is 0 Å². The minimum atomic E-state index is -4.21. The summed E-state index contributed by atoms with van der Waals surface area (Å²) in [5.41, 5.74) is 4.46. The number of sulfonamides is 1. The smallest absolute Gasteiger partial charge is 0.280 e. The molecule has 3 N–H and O–H groups in total. The molecule has 0 saturated heterocycles. The van der Waals surface area contributed by atoms with Crippen molar-refractivity contribution in [2.24, 2.45) is 7.05 Å². The van der Waals surface area contributed by atoms with E-state index in [1.165, 1.54) is 7.05 Å². The molecular formula is C10H9ClF2N4O2S. The number of aryl methyl sites for hydroxylation is 1. The molecule has 20 heavy (non-hydrogen) atoms. The van der Waals surface area contributed by atoms with Crippen LogP contribution in [0.2, 0.25) is 5.02 Å². The lowest BCUT2D eigenvalue weighted by Crippen LogP contribution is -2.19. The van der Waals surface area contributed by atoms with Gasteiger partial charge in [-0.2, -0.15) is 13.5 Å². The Labute approximate surface area is 118 Å². The molecule has 0 amide bonds. The Morgan fingerprint density at radius 2 is 2.05 bits per heavy atom. The standard InChI is InChI=1S/C10H9ClF2N4O2S/c1-17-10(6(11)4-15-17)20(18,19)16-9-7(13)2-5(12)3-8(9)14/h2-4,16H,14H2,1H3. The normalized spacial score (nSPS) is 11.6. The van der Waals surface area contributed by atoms with Crippen LogP contribution < -0.4 is 10.5 Å². The predicted octanol–water partition coefficient (Wildman–Crippen LogP) is 1.73. The minimum absolute atomic E-state index is 0.138. The summed E-state index contributed by atoms with van der Waals surface area (Å²) in [5.74, 6) is -2.05. The van der Waals surface area contributed by atoms with Crippen LogP contribution in [-0.4, -0.2) is 18.2 Å². The highest BCUT2D eigenvalue weighted by Crippen LogP contribution is 2.28. The van der Waals surface area contributed by atoms with Crippen molar-refractivity contribution in [2.45, 2.75) is 5.03 Å². The molecule has 10 heteroatoms. The number of hydrogen-bond acceptors (Lipinski definition) is 4. The fraction of sp³-hybridized carbons (Fsp3) is 0.100. The van der Waals surface area contributed by atoms with Crippen LogP contribution in [0, 0.1) is 11.6 Å². The van der Waals surface area contributed by atoms with E-state index in [0.717, 1.165) is 16.9 Å². The van der Waals surface area contributed by atoms with Crippen molar-refractivity contribution in [3.05, 3.63) is 35.0 Å². The molecule has 0 aliphatic rings. The van der Waals surface area contributed by atoms with Crippen LogP contribution in [0.25, 0.3) is 0 Å². The zero-order valence-corrected chi connectivity index (χ0v) is 11.6. The number of halogens is 3. The summed E-state index contributed by atoms with van der Waals surface area (Å²) in [4.78, 5) is 0. The van der Waals surface area contributed by atoms with Gasteiger partial charge in [0.25, 0.3) is 10.0 Å². The third-order valence-electron chi connectivity index (χ3n) is 2.42. The number of benzene rings is 1. The highest BCUT2D eigenvalue weighted by molar-refractivity contribution is 7.92. The van der Waals surface area contributed by atoms with Crippen molar-refractivity contribution in [3.8, 4) is 0 Å². The molecule has 1 aromatic carbocycles. The first-order valence-electron chi connectivity index (χ1n) is 5.17. The lowest BCUT2D eigenvalue weighted by Gasteiger charge is -2.11. The Balaban J connectivity index is 2.50. The van der Waals surface area contributed by atoms with Crippen LogP contribution >= 0.6 is 11.6 Å². The van der Waals surface area contributed by atoms with Crippen LogP contribution in [-0.2, 0) is 17.1 Å². The van der Waals surface area contributed by atoms with Crippen molar-refractivity contribution in [1.82, 2.24) is 9.78 Å². The molecule has 1 heterocycles. The number of hydrogen-bond donors (Lipinski definition) is 2. The predicted molar refractivity (Wildman–Crippen MR) is 69.8 cm³/mol. The van der Waals surface area contributed by atoms with E-state index in [-0.39, 0.29) is 15.7 Å². The van der Waals surface area contributed by atoms with Gasteiger partial charge in [-0.3, -0.25) is 9.40 Å². The van der Waals surface area contributed by atoms with E-state index in [4.69, 9.17) is 17.3 Å². The van der Waals surface area contributed by atoms with Crippen LogP contribution in [0.5, 0.6) is 0 Å². The van der Waals surface area contributed by atoms with Crippen molar-refractivity contribution < 1.29 is 17.2 Å². The van der Waals surface area contributed by atoms with E-state index in [1.807, 2.05) is 4.72 Å². The molecule has 0 aliphatic heterocycles. The average molecular weight is 323 g/mol. The fourth-order valence-corrected chi connectivity index (χ4v) is 3.34. The van der Waals surface area contributed by atoms with Gasteiger partial charge in [0.15, 0.2) is 10.8 Å². The zero-order chi connectivity index (χ0) is 15.1. The van der Waals surface area contributed by atoms with Gasteiger partial charge >= 0.3 is 0 Å². The van der Waals surface area contributed by atoms with Crippen LogP contribution in [0.4, 0.5) is 20.2 Å². The topological polar surface area (TPSA) is 90.0 Å². The first kappa shape index (κ1) is 14.5. The van der Waals surface area contributed by atoms with Gasteiger partial charge in [0.1, 0.15) is 11.5 Å². The number of anilines is 2. The van der Waals surface area contributed by atoms with Gasteiger partial charge in [0.05, 0.1) is 16.9 Å². The summed E-state index contributed by atoms with van der Waals surface area (Å²) in [7, 11) is -2.86. The molecule has 0 saturated carbocycles. The lowest BCUT2D eigenvalue weighted by molar-refractivity contribution is 0.576. The monoisotopic (exact) mass is 322 g/mol. The summed E-state index contributed by atoms with van der Waals surface area (Å²) in [6.45, 7) is 0. The molecule has 0 atom stereocenters. The molecule has 2 aromatic rings. The van der Waals surface area contributed by atoms with Gasteiger partial charge < -0.3 is 5.73 Å². The highest BCUT2D eigenvalue weighted by atomic mass is 35.5. The van der Waals surface area contributed by atoms with E-state index in [9.17, 15) is 17.2 Å². The quantitative estimate of drug-likeness (QED) is 0.842. The lowest BCUT2D eigenvalue weighted by atomic mass is 10.2. The van der Waals surface area contributed by atoms with Crippen molar-refractivity contribution in [3.63, 3.8) is 0 Å². The average Bonchev–Trinajstić information content (AvgIpc) is 2.64.